The lowest BCUT2D eigenvalue weighted by atomic mass is 9.85. The van der Waals surface area contributed by atoms with E-state index in [1.807, 2.05) is 0 Å². The van der Waals surface area contributed by atoms with Crippen LogP contribution in [0.15, 0.2) is 18.3 Å². The fraction of sp³-hybridized carbons (Fsp3) is 0.571. The highest BCUT2D eigenvalue weighted by Crippen LogP contribution is 2.59. The molecule has 0 aromatic carbocycles. The Balaban J connectivity index is 1.94. The number of carboxylic acids is 1. The highest BCUT2D eigenvalue weighted by Gasteiger charge is 2.45. The molecule has 1 aromatic rings. The minimum absolute atomic E-state index is 0.252. The maximum atomic E-state index is 11.1. The summed E-state index contributed by atoms with van der Waals surface area (Å²) >= 11 is 4.12. The number of thioether (sulfide) groups is 2. The van der Waals surface area contributed by atoms with E-state index < -0.39 is 5.97 Å². The molecule has 1 aliphatic carbocycles. The van der Waals surface area contributed by atoms with Crippen molar-refractivity contribution >= 4 is 29.5 Å². The van der Waals surface area contributed by atoms with E-state index in [0.717, 1.165) is 12.1 Å². The van der Waals surface area contributed by atoms with Gasteiger partial charge in [-0.15, -0.1) is 23.5 Å². The van der Waals surface area contributed by atoms with Crippen molar-refractivity contribution in [3.8, 4) is 0 Å². The van der Waals surface area contributed by atoms with Crippen LogP contribution >= 0.6 is 23.5 Å². The van der Waals surface area contributed by atoms with Crippen molar-refractivity contribution in [1.29, 1.82) is 0 Å². The summed E-state index contributed by atoms with van der Waals surface area (Å²) < 4.78 is 0.252. The van der Waals surface area contributed by atoms with Gasteiger partial charge in [-0.2, -0.15) is 0 Å². The van der Waals surface area contributed by atoms with E-state index in [0.29, 0.717) is 11.5 Å². The molecule has 1 aliphatic heterocycles. The van der Waals surface area contributed by atoms with Crippen molar-refractivity contribution in [3.63, 3.8) is 0 Å². The first-order valence-corrected chi connectivity index (χ1v) is 8.65. The lowest BCUT2D eigenvalue weighted by molar-refractivity contribution is 0.0696. The summed E-state index contributed by atoms with van der Waals surface area (Å²) in [5, 5.41) is 9.13. The van der Waals surface area contributed by atoms with E-state index >= 15 is 0 Å². The second kappa shape index (κ2) is 5.37. The number of carboxylic acid groups (broad SMARTS) is 1. The topological polar surface area (TPSA) is 50.2 Å². The molecule has 1 unspecified atom stereocenters. The summed E-state index contributed by atoms with van der Waals surface area (Å²) in [6, 6.07) is 3.36. The summed E-state index contributed by atoms with van der Waals surface area (Å²) in [6.07, 6.45) is 6.52. The van der Waals surface area contributed by atoms with Crippen LogP contribution in [-0.2, 0) is 0 Å². The molecule has 102 valence electrons. The number of carbonyl (C=O) groups is 1. The predicted octanol–water partition coefficient (Wildman–Crippen LogP) is 3.61. The van der Waals surface area contributed by atoms with Crippen LogP contribution in [-0.4, -0.2) is 31.6 Å². The Morgan fingerprint density at radius 1 is 1.37 bits per heavy atom. The number of rotatable bonds is 2. The van der Waals surface area contributed by atoms with E-state index in [-0.39, 0.29) is 4.08 Å². The van der Waals surface area contributed by atoms with Gasteiger partial charge >= 0.3 is 5.97 Å². The van der Waals surface area contributed by atoms with Gasteiger partial charge in [0, 0.05) is 29.3 Å². The number of hydrogen-bond donors (Lipinski definition) is 1. The molecule has 3 rings (SSSR count). The normalized spacial score (nSPS) is 25.6. The van der Waals surface area contributed by atoms with Crippen LogP contribution in [0.1, 0.15) is 47.7 Å². The molecule has 2 fully saturated rings. The number of hydrogen-bond acceptors (Lipinski definition) is 4. The Morgan fingerprint density at radius 3 is 2.89 bits per heavy atom. The highest BCUT2D eigenvalue weighted by atomic mass is 32.2. The van der Waals surface area contributed by atoms with Gasteiger partial charge < -0.3 is 5.11 Å². The zero-order chi connectivity index (χ0) is 13.3. The molecule has 5 heteroatoms. The van der Waals surface area contributed by atoms with E-state index in [4.69, 9.17) is 5.11 Å². The zero-order valence-corrected chi connectivity index (χ0v) is 12.3. The van der Waals surface area contributed by atoms with Crippen molar-refractivity contribution in [3.05, 3.63) is 29.6 Å². The van der Waals surface area contributed by atoms with Gasteiger partial charge in [0.25, 0.3) is 0 Å². The van der Waals surface area contributed by atoms with Crippen LogP contribution in [0.25, 0.3) is 0 Å². The second-order valence-corrected chi connectivity index (χ2v) is 8.19. The van der Waals surface area contributed by atoms with Gasteiger partial charge in [0.15, 0.2) is 0 Å². The third-order valence-electron chi connectivity index (χ3n) is 3.96. The molecular weight excluding hydrogens is 278 g/mol. The van der Waals surface area contributed by atoms with Crippen molar-refractivity contribution in [2.75, 3.05) is 11.5 Å². The maximum Gasteiger partial charge on any atom is 0.335 e. The van der Waals surface area contributed by atoms with Gasteiger partial charge in [-0.1, -0.05) is 12.8 Å². The SMILES string of the molecule is O=C(O)c1ccnc(C2CCCCC23SCCS3)c1. The van der Waals surface area contributed by atoms with Crippen molar-refractivity contribution < 1.29 is 9.90 Å². The number of aromatic carboxylic acids is 1. The van der Waals surface area contributed by atoms with E-state index in [9.17, 15) is 4.79 Å². The van der Waals surface area contributed by atoms with Crippen LogP contribution in [0, 0.1) is 0 Å². The first-order valence-electron chi connectivity index (χ1n) is 6.68. The van der Waals surface area contributed by atoms with Gasteiger partial charge in [0.1, 0.15) is 0 Å². The van der Waals surface area contributed by atoms with Gasteiger partial charge in [0.2, 0.25) is 0 Å². The Morgan fingerprint density at radius 2 is 2.16 bits per heavy atom. The van der Waals surface area contributed by atoms with E-state index in [2.05, 4.69) is 28.5 Å². The molecule has 1 saturated heterocycles. The Kier molecular flexibility index (Phi) is 3.76. The minimum Gasteiger partial charge on any atom is -0.478 e. The average Bonchev–Trinajstić information content (AvgIpc) is 2.88. The monoisotopic (exact) mass is 295 g/mol. The average molecular weight is 295 g/mol. The van der Waals surface area contributed by atoms with Crippen molar-refractivity contribution in [1.82, 2.24) is 4.98 Å². The molecule has 2 aliphatic rings. The van der Waals surface area contributed by atoms with Crippen LogP contribution in [0.2, 0.25) is 0 Å². The summed E-state index contributed by atoms with van der Waals surface area (Å²) in [7, 11) is 0. The summed E-state index contributed by atoms with van der Waals surface area (Å²) in [6.45, 7) is 0. The molecule has 19 heavy (non-hydrogen) atoms. The second-order valence-electron chi connectivity index (χ2n) is 5.08. The van der Waals surface area contributed by atoms with Gasteiger partial charge in [-0.3, -0.25) is 4.98 Å². The zero-order valence-electron chi connectivity index (χ0n) is 10.7. The third-order valence-corrected chi connectivity index (χ3v) is 7.70. The Hall–Kier alpha value is -0.680. The fourth-order valence-corrected chi connectivity index (χ4v) is 6.72. The van der Waals surface area contributed by atoms with Crippen LogP contribution in [0.3, 0.4) is 0 Å². The summed E-state index contributed by atoms with van der Waals surface area (Å²) in [5.74, 6) is 1.96. The molecular formula is C14H17NO2S2. The van der Waals surface area contributed by atoms with Crippen LogP contribution in [0.4, 0.5) is 0 Å². The molecule has 0 amide bonds. The van der Waals surface area contributed by atoms with Gasteiger partial charge in [-0.25, -0.2) is 4.79 Å². The number of pyridine rings is 1. The van der Waals surface area contributed by atoms with Crippen molar-refractivity contribution in [2.45, 2.75) is 35.7 Å². The van der Waals surface area contributed by atoms with E-state index in [1.165, 1.54) is 30.8 Å². The molecule has 1 spiro atoms. The molecule has 0 radical (unpaired) electrons. The summed E-state index contributed by atoms with van der Waals surface area (Å²) in [4.78, 5) is 15.6. The number of nitrogens with zero attached hydrogens (tertiary/aromatic N) is 1. The maximum absolute atomic E-state index is 11.1. The lowest BCUT2D eigenvalue weighted by Gasteiger charge is -2.39. The molecule has 1 aromatic heterocycles. The molecule has 1 saturated carbocycles. The third kappa shape index (κ3) is 2.50. The number of aromatic nitrogens is 1. The van der Waals surface area contributed by atoms with Crippen molar-refractivity contribution in [2.24, 2.45) is 0 Å². The van der Waals surface area contributed by atoms with E-state index in [1.54, 1.807) is 18.3 Å². The molecule has 0 bridgehead atoms. The molecule has 2 heterocycles. The Bertz CT molecular complexity index is 486. The molecule has 3 nitrogen and oxygen atoms in total. The first-order chi connectivity index (χ1) is 9.21. The summed E-state index contributed by atoms with van der Waals surface area (Å²) in [5.41, 5.74) is 1.33. The van der Waals surface area contributed by atoms with Gasteiger partial charge in [0.05, 0.1) is 9.64 Å². The first kappa shape index (κ1) is 13.3. The highest BCUT2D eigenvalue weighted by molar-refractivity contribution is 8.21. The Labute approximate surface area is 121 Å². The molecule has 1 N–H and O–H groups in total. The smallest absolute Gasteiger partial charge is 0.335 e. The fourth-order valence-electron chi connectivity index (χ4n) is 3.08. The lowest BCUT2D eigenvalue weighted by Crippen LogP contribution is -2.31. The standard InChI is InChI=1S/C14H17NO2S2/c16-13(17)10-4-6-15-12(9-10)11-3-1-2-5-14(11)18-7-8-19-14/h4,6,9,11H,1-3,5,7-8H2,(H,16,17). The quantitative estimate of drug-likeness (QED) is 0.903. The molecule has 1 atom stereocenters. The predicted molar refractivity (Wildman–Crippen MR) is 80.1 cm³/mol. The van der Waals surface area contributed by atoms with Crippen LogP contribution in [0.5, 0.6) is 0 Å². The minimum atomic E-state index is -0.861. The van der Waals surface area contributed by atoms with Crippen LogP contribution < -0.4 is 0 Å². The van der Waals surface area contributed by atoms with Gasteiger partial charge in [-0.05, 0) is 25.0 Å². The largest absolute Gasteiger partial charge is 0.478 e.